The summed E-state index contributed by atoms with van der Waals surface area (Å²) in [5.41, 5.74) is 1.25. The van der Waals surface area contributed by atoms with Gasteiger partial charge in [-0.05, 0) is 33.8 Å². The summed E-state index contributed by atoms with van der Waals surface area (Å²) in [7, 11) is 0. The topological polar surface area (TPSA) is 32.3 Å². The third kappa shape index (κ3) is 2.86. The highest BCUT2D eigenvalue weighted by Crippen LogP contribution is 2.20. The Balaban J connectivity index is 2.38. The normalized spacial score (nSPS) is 13.2. The number of halogens is 1. The molecule has 2 N–H and O–H groups in total. The molecule has 4 heteroatoms. The highest BCUT2D eigenvalue weighted by atomic mass is 79.9. The summed E-state index contributed by atoms with van der Waals surface area (Å²) in [6, 6.07) is 0.164. The summed E-state index contributed by atoms with van der Waals surface area (Å²) in [5, 5.41) is 16.1. The summed E-state index contributed by atoms with van der Waals surface area (Å²) in [6.07, 6.45) is 0. The van der Waals surface area contributed by atoms with Crippen molar-refractivity contribution in [3.63, 3.8) is 0 Å². The van der Waals surface area contributed by atoms with E-state index in [1.165, 1.54) is 5.56 Å². The van der Waals surface area contributed by atoms with Crippen molar-refractivity contribution in [1.29, 1.82) is 0 Å². The Labute approximate surface area is 84.7 Å². The van der Waals surface area contributed by atoms with Gasteiger partial charge in [-0.15, -0.1) is 0 Å². The van der Waals surface area contributed by atoms with Crippen molar-refractivity contribution in [2.75, 3.05) is 6.61 Å². The third-order valence-electron chi connectivity index (χ3n) is 1.60. The first-order valence-electron chi connectivity index (χ1n) is 3.79. The van der Waals surface area contributed by atoms with E-state index < -0.39 is 0 Å². The Bertz CT molecular complexity index is 239. The lowest BCUT2D eigenvalue weighted by Gasteiger charge is -2.09. The van der Waals surface area contributed by atoms with E-state index >= 15 is 0 Å². The van der Waals surface area contributed by atoms with Crippen LogP contribution in [-0.4, -0.2) is 17.8 Å². The van der Waals surface area contributed by atoms with Crippen LogP contribution in [0, 0.1) is 0 Å². The molecule has 0 aromatic carbocycles. The lowest BCUT2D eigenvalue weighted by molar-refractivity contribution is 0.251. The molecule has 68 valence electrons. The summed E-state index contributed by atoms with van der Waals surface area (Å²) >= 11 is 5.12. The van der Waals surface area contributed by atoms with Crippen molar-refractivity contribution >= 4 is 27.3 Å². The van der Waals surface area contributed by atoms with Crippen LogP contribution in [0.4, 0.5) is 0 Å². The number of aliphatic hydroxyl groups is 1. The number of hydrogen-bond donors (Lipinski definition) is 2. The minimum atomic E-state index is 0.164. The Morgan fingerprint density at radius 3 is 2.92 bits per heavy atom. The van der Waals surface area contributed by atoms with Crippen LogP contribution in [0.3, 0.4) is 0 Å². The van der Waals surface area contributed by atoms with E-state index in [0.717, 1.165) is 11.0 Å². The number of aliphatic hydroxyl groups excluding tert-OH is 1. The van der Waals surface area contributed by atoms with Gasteiger partial charge in [-0.3, -0.25) is 0 Å². The molecule has 0 saturated heterocycles. The lowest BCUT2D eigenvalue weighted by atomic mass is 10.3. The zero-order chi connectivity index (χ0) is 8.97. The molecular formula is C8H12BrNOS. The van der Waals surface area contributed by atoms with Gasteiger partial charge in [-0.2, -0.15) is 11.3 Å². The van der Waals surface area contributed by atoms with E-state index in [0.29, 0.717) is 0 Å². The minimum absolute atomic E-state index is 0.164. The molecule has 1 atom stereocenters. The van der Waals surface area contributed by atoms with Gasteiger partial charge in [0.05, 0.1) is 6.61 Å². The van der Waals surface area contributed by atoms with Crippen molar-refractivity contribution in [3.8, 4) is 0 Å². The molecule has 1 aromatic heterocycles. The van der Waals surface area contributed by atoms with E-state index in [2.05, 4.69) is 32.0 Å². The van der Waals surface area contributed by atoms with E-state index in [-0.39, 0.29) is 12.6 Å². The second-order valence-corrected chi connectivity index (χ2v) is 4.31. The van der Waals surface area contributed by atoms with Gasteiger partial charge in [0, 0.05) is 22.4 Å². The maximum absolute atomic E-state index is 8.76. The van der Waals surface area contributed by atoms with Crippen molar-refractivity contribution in [1.82, 2.24) is 5.32 Å². The Morgan fingerprint density at radius 2 is 2.42 bits per heavy atom. The fourth-order valence-corrected chi connectivity index (χ4v) is 2.23. The molecule has 0 bridgehead atoms. The molecule has 0 aliphatic carbocycles. The van der Waals surface area contributed by atoms with Crippen molar-refractivity contribution in [2.45, 2.75) is 19.5 Å². The van der Waals surface area contributed by atoms with Crippen LogP contribution in [0.25, 0.3) is 0 Å². The monoisotopic (exact) mass is 249 g/mol. The largest absolute Gasteiger partial charge is 0.395 e. The van der Waals surface area contributed by atoms with Crippen LogP contribution in [0.5, 0.6) is 0 Å². The fraction of sp³-hybridized carbons (Fsp3) is 0.500. The van der Waals surface area contributed by atoms with Gasteiger partial charge in [0.2, 0.25) is 0 Å². The van der Waals surface area contributed by atoms with Crippen molar-refractivity contribution < 1.29 is 5.11 Å². The van der Waals surface area contributed by atoms with E-state index in [9.17, 15) is 0 Å². The second-order valence-electron chi connectivity index (χ2n) is 2.71. The summed E-state index contributed by atoms with van der Waals surface area (Å²) in [6.45, 7) is 2.95. The Kier molecular flexibility index (Phi) is 4.21. The average molecular weight is 250 g/mol. The average Bonchev–Trinajstić information content (AvgIpc) is 2.47. The molecule has 1 rings (SSSR count). The van der Waals surface area contributed by atoms with Gasteiger partial charge in [-0.25, -0.2) is 0 Å². The van der Waals surface area contributed by atoms with Crippen molar-refractivity contribution in [2.24, 2.45) is 0 Å². The first-order chi connectivity index (χ1) is 5.74. The molecule has 0 fully saturated rings. The van der Waals surface area contributed by atoms with E-state index in [1.807, 2.05) is 6.92 Å². The van der Waals surface area contributed by atoms with Gasteiger partial charge in [0.1, 0.15) is 0 Å². The zero-order valence-electron chi connectivity index (χ0n) is 6.88. The standard InChI is InChI=1S/C8H12BrNOS/c1-6(3-11)10-2-7-4-12-5-8(7)9/h4-6,10-11H,2-3H2,1H3. The Morgan fingerprint density at radius 1 is 1.67 bits per heavy atom. The van der Waals surface area contributed by atoms with Crippen LogP contribution in [0.1, 0.15) is 12.5 Å². The van der Waals surface area contributed by atoms with Crippen LogP contribution in [-0.2, 0) is 6.54 Å². The third-order valence-corrected chi connectivity index (χ3v) is 3.44. The van der Waals surface area contributed by atoms with Crippen LogP contribution in [0.2, 0.25) is 0 Å². The molecule has 0 aliphatic heterocycles. The highest BCUT2D eigenvalue weighted by Gasteiger charge is 2.02. The molecule has 1 heterocycles. The lowest BCUT2D eigenvalue weighted by Crippen LogP contribution is -2.28. The van der Waals surface area contributed by atoms with Gasteiger partial charge < -0.3 is 10.4 Å². The van der Waals surface area contributed by atoms with E-state index in [4.69, 9.17) is 5.11 Å². The quantitative estimate of drug-likeness (QED) is 0.856. The molecule has 1 unspecified atom stereocenters. The molecule has 0 saturated carbocycles. The maximum Gasteiger partial charge on any atom is 0.0582 e. The number of nitrogens with one attached hydrogen (secondary N) is 1. The molecule has 0 radical (unpaired) electrons. The Hall–Kier alpha value is 0.100. The number of thiophene rings is 1. The summed E-state index contributed by atoms with van der Waals surface area (Å²) in [5.74, 6) is 0. The maximum atomic E-state index is 8.76. The smallest absolute Gasteiger partial charge is 0.0582 e. The van der Waals surface area contributed by atoms with Gasteiger partial charge >= 0.3 is 0 Å². The summed E-state index contributed by atoms with van der Waals surface area (Å²) in [4.78, 5) is 0. The molecule has 0 aliphatic rings. The second kappa shape index (κ2) is 4.97. The molecule has 0 amide bonds. The predicted octanol–water partition coefficient (Wildman–Crippen LogP) is 1.98. The van der Waals surface area contributed by atoms with Gasteiger partial charge in [-0.1, -0.05) is 0 Å². The highest BCUT2D eigenvalue weighted by molar-refractivity contribution is 9.10. The predicted molar refractivity (Wildman–Crippen MR) is 55.4 cm³/mol. The molecule has 2 nitrogen and oxygen atoms in total. The van der Waals surface area contributed by atoms with Gasteiger partial charge in [0.25, 0.3) is 0 Å². The van der Waals surface area contributed by atoms with Crippen LogP contribution >= 0.6 is 27.3 Å². The number of rotatable bonds is 4. The van der Waals surface area contributed by atoms with Gasteiger partial charge in [0.15, 0.2) is 0 Å². The first kappa shape index (κ1) is 10.2. The van der Waals surface area contributed by atoms with Crippen LogP contribution < -0.4 is 5.32 Å². The van der Waals surface area contributed by atoms with Crippen LogP contribution in [0.15, 0.2) is 15.2 Å². The molecule has 1 aromatic rings. The molecule has 0 spiro atoms. The fourth-order valence-electron chi connectivity index (χ4n) is 0.783. The SMILES string of the molecule is CC(CO)NCc1cscc1Br. The molecule has 12 heavy (non-hydrogen) atoms. The van der Waals surface area contributed by atoms with E-state index in [1.54, 1.807) is 11.3 Å². The minimum Gasteiger partial charge on any atom is -0.395 e. The number of hydrogen-bond acceptors (Lipinski definition) is 3. The first-order valence-corrected chi connectivity index (χ1v) is 5.52. The summed E-state index contributed by atoms with van der Waals surface area (Å²) < 4.78 is 1.14. The molecular weight excluding hydrogens is 238 g/mol. The van der Waals surface area contributed by atoms with Crippen molar-refractivity contribution in [3.05, 3.63) is 20.8 Å². The zero-order valence-corrected chi connectivity index (χ0v) is 9.28.